The third-order valence-corrected chi connectivity index (χ3v) is 5.48. The largest absolute Gasteiger partial charge is 0.493 e. The summed E-state index contributed by atoms with van der Waals surface area (Å²) in [5.41, 5.74) is 2.89. The standard InChI is InChI=1S/C23H21N3O2S/c1-17-10-11-20-21(15-17)29-23(25-20)26(16-18-7-5-6-13-24-18)22(27)12-14-28-19-8-3-2-4-9-19/h2-11,13,15H,12,14,16H2,1H3. The second-order valence-corrected chi connectivity index (χ2v) is 7.69. The first-order chi connectivity index (χ1) is 14.2. The minimum Gasteiger partial charge on any atom is -0.493 e. The van der Waals surface area contributed by atoms with E-state index in [1.165, 1.54) is 16.9 Å². The number of rotatable bonds is 7. The van der Waals surface area contributed by atoms with E-state index in [1.54, 1.807) is 11.1 Å². The van der Waals surface area contributed by atoms with Gasteiger partial charge >= 0.3 is 0 Å². The minimum absolute atomic E-state index is 0.0395. The maximum absolute atomic E-state index is 13.1. The van der Waals surface area contributed by atoms with Crippen LogP contribution in [0.25, 0.3) is 10.2 Å². The fraction of sp³-hybridized carbons (Fsp3) is 0.174. The molecule has 0 spiro atoms. The maximum Gasteiger partial charge on any atom is 0.232 e. The average Bonchev–Trinajstić information content (AvgIpc) is 3.16. The molecule has 0 N–H and O–H groups in total. The van der Waals surface area contributed by atoms with Crippen molar-refractivity contribution in [3.8, 4) is 5.75 Å². The highest BCUT2D eigenvalue weighted by molar-refractivity contribution is 7.22. The van der Waals surface area contributed by atoms with Crippen LogP contribution in [0.2, 0.25) is 0 Å². The van der Waals surface area contributed by atoms with Gasteiger partial charge in [0.2, 0.25) is 5.91 Å². The van der Waals surface area contributed by atoms with Crippen molar-refractivity contribution < 1.29 is 9.53 Å². The first-order valence-corrected chi connectivity index (χ1v) is 10.3. The molecule has 0 radical (unpaired) electrons. The molecule has 2 aromatic heterocycles. The Morgan fingerprint density at radius 3 is 2.69 bits per heavy atom. The van der Waals surface area contributed by atoms with Crippen molar-refractivity contribution in [1.29, 1.82) is 0 Å². The predicted molar refractivity (Wildman–Crippen MR) is 116 cm³/mol. The molecule has 29 heavy (non-hydrogen) atoms. The summed E-state index contributed by atoms with van der Waals surface area (Å²) < 4.78 is 6.78. The summed E-state index contributed by atoms with van der Waals surface area (Å²) in [6.07, 6.45) is 1.99. The highest BCUT2D eigenvalue weighted by Gasteiger charge is 2.20. The fourth-order valence-corrected chi connectivity index (χ4v) is 4.04. The lowest BCUT2D eigenvalue weighted by atomic mass is 10.2. The number of nitrogens with zero attached hydrogens (tertiary/aromatic N) is 3. The van der Waals surface area contributed by atoms with Crippen molar-refractivity contribution in [3.63, 3.8) is 0 Å². The summed E-state index contributed by atoms with van der Waals surface area (Å²) in [7, 11) is 0. The Bertz CT molecular complexity index is 1100. The van der Waals surface area contributed by atoms with Crippen molar-refractivity contribution in [1.82, 2.24) is 9.97 Å². The van der Waals surface area contributed by atoms with Gasteiger partial charge in [-0.1, -0.05) is 41.7 Å². The summed E-state index contributed by atoms with van der Waals surface area (Å²) in [4.78, 5) is 23.8. The van der Waals surface area contributed by atoms with Gasteiger partial charge in [0.1, 0.15) is 5.75 Å². The zero-order valence-electron chi connectivity index (χ0n) is 16.1. The lowest BCUT2D eigenvalue weighted by molar-refractivity contribution is -0.119. The Labute approximate surface area is 173 Å². The minimum atomic E-state index is -0.0395. The number of aromatic nitrogens is 2. The zero-order valence-corrected chi connectivity index (χ0v) is 16.9. The van der Waals surface area contributed by atoms with Gasteiger partial charge in [-0.3, -0.25) is 14.7 Å². The van der Waals surface area contributed by atoms with E-state index in [1.807, 2.05) is 60.7 Å². The van der Waals surface area contributed by atoms with E-state index in [9.17, 15) is 4.79 Å². The Morgan fingerprint density at radius 1 is 1.07 bits per heavy atom. The van der Waals surface area contributed by atoms with E-state index in [0.29, 0.717) is 18.3 Å². The molecular weight excluding hydrogens is 382 g/mol. The average molecular weight is 404 g/mol. The van der Waals surface area contributed by atoms with Gasteiger partial charge in [0.15, 0.2) is 5.13 Å². The Kier molecular flexibility index (Phi) is 5.81. The van der Waals surface area contributed by atoms with Crippen LogP contribution in [0.5, 0.6) is 5.75 Å². The molecule has 0 unspecified atom stereocenters. The van der Waals surface area contributed by atoms with Gasteiger partial charge < -0.3 is 4.74 Å². The van der Waals surface area contributed by atoms with Crippen molar-refractivity contribution in [3.05, 3.63) is 84.2 Å². The molecule has 0 aliphatic rings. The van der Waals surface area contributed by atoms with Gasteiger partial charge in [0.05, 0.1) is 35.5 Å². The number of anilines is 1. The first-order valence-electron chi connectivity index (χ1n) is 9.44. The number of benzene rings is 2. The number of hydrogen-bond donors (Lipinski definition) is 0. The molecule has 5 nitrogen and oxygen atoms in total. The highest BCUT2D eigenvalue weighted by Crippen LogP contribution is 2.30. The first kappa shape index (κ1) is 19.1. The molecule has 1 amide bonds. The topological polar surface area (TPSA) is 55.3 Å². The molecule has 2 aromatic carbocycles. The number of ether oxygens (including phenoxy) is 1. The lowest BCUT2D eigenvalue weighted by Gasteiger charge is -2.19. The molecule has 6 heteroatoms. The summed E-state index contributed by atoms with van der Waals surface area (Å²) in [6.45, 7) is 2.74. The molecule has 0 fully saturated rings. The van der Waals surface area contributed by atoms with Crippen molar-refractivity contribution in [2.24, 2.45) is 0 Å². The molecule has 146 valence electrons. The number of thiazole rings is 1. The van der Waals surface area contributed by atoms with Crippen molar-refractivity contribution in [2.75, 3.05) is 11.5 Å². The van der Waals surface area contributed by atoms with Crippen molar-refractivity contribution >= 4 is 32.6 Å². The zero-order chi connectivity index (χ0) is 20.1. The number of pyridine rings is 1. The number of hydrogen-bond acceptors (Lipinski definition) is 5. The second kappa shape index (κ2) is 8.84. The van der Waals surface area contributed by atoms with Gasteiger partial charge in [0.25, 0.3) is 0 Å². The van der Waals surface area contributed by atoms with Crippen LogP contribution in [-0.4, -0.2) is 22.5 Å². The molecule has 2 heterocycles. The highest BCUT2D eigenvalue weighted by atomic mass is 32.1. The Hall–Kier alpha value is -3.25. The van der Waals surface area contributed by atoms with Gasteiger partial charge in [-0.05, 0) is 48.9 Å². The van der Waals surface area contributed by atoms with Crippen LogP contribution >= 0.6 is 11.3 Å². The molecule has 0 atom stereocenters. The van der Waals surface area contributed by atoms with E-state index >= 15 is 0 Å². The lowest BCUT2D eigenvalue weighted by Crippen LogP contribution is -2.31. The summed E-state index contributed by atoms with van der Waals surface area (Å²) in [5.74, 6) is 0.717. The predicted octanol–water partition coefficient (Wildman–Crippen LogP) is 5.00. The van der Waals surface area contributed by atoms with E-state index in [0.717, 1.165) is 21.7 Å². The number of amides is 1. The van der Waals surface area contributed by atoms with E-state index in [4.69, 9.17) is 9.72 Å². The van der Waals surface area contributed by atoms with Crippen LogP contribution in [-0.2, 0) is 11.3 Å². The molecule has 0 saturated carbocycles. The van der Waals surface area contributed by atoms with E-state index in [-0.39, 0.29) is 12.3 Å². The van der Waals surface area contributed by atoms with Gasteiger partial charge in [-0.2, -0.15) is 0 Å². The summed E-state index contributed by atoms with van der Waals surface area (Å²) in [6, 6.07) is 21.3. The number of carbonyl (C=O) groups is 1. The molecule has 4 aromatic rings. The number of para-hydroxylation sites is 1. The Balaban J connectivity index is 1.54. The normalized spacial score (nSPS) is 10.8. The van der Waals surface area contributed by atoms with E-state index < -0.39 is 0 Å². The SMILES string of the molecule is Cc1ccc2nc(N(Cc3ccccn3)C(=O)CCOc3ccccc3)sc2c1. The van der Waals surface area contributed by atoms with E-state index in [2.05, 4.69) is 18.0 Å². The van der Waals surface area contributed by atoms with Gasteiger partial charge in [-0.25, -0.2) is 4.98 Å². The second-order valence-electron chi connectivity index (χ2n) is 6.68. The molecular formula is C23H21N3O2S. The maximum atomic E-state index is 13.1. The summed E-state index contributed by atoms with van der Waals surface area (Å²) in [5, 5.41) is 0.681. The van der Waals surface area contributed by atoms with Crippen LogP contribution in [0.1, 0.15) is 17.7 Å². The summed E-state index contributed by atoms with van der Waals surface area (Å²) >= 11 is 1.52. The van der Waals surface area contributed by atoms with Gasteiger partial charge in [0, 0.05) is 6.20 Å². The van der Waals surface area contributed by atoms with Crippen molar-refractivity contribution in [2.45, 2.75) is 19.9 Å². The quantitative estimate of drug-likeness (QED) is 0.436. The molecule has 4 rings (SSSR count). The fourth-order valence-electron chi connectivity index (χ4n) is 2.96. The van der Waals surface area contributed by atoms with Crippen LogP contribution in [0.15, 0.2) is 72.9 Å². The number of aryl methyl sites for hydroxylation is 1. The third-order valence-electron chi connectivity index (χ3n) is 4.44. The number of fused-ring (bicyclic) bond motifs is 1. The molecule has 0 bridgehead atoms. The molecule has 0 saturated heterocycles. The smallest absolute Gasteiger partial charge is 0.232 e. The molecule has 0 aliphatic heterocycles. The van der Waals surface area contributed by atoms with Crippen LogP contribution < -0.4 is 9.64 Å². The number of carbonyl (C=O) groups excluding carboxylic acids is 1. The molecule has 0 aliphatic carbocycles. The van der Waals surface area contributed by atoms with Crippen LogP contribution in [0, 0.1) is 6.92 Å². The third kappa shape index (κ3) is 4.78. The van der Waals surface area contributed by atoms with Crippen LogP contribution in [0.4, 0.5) is 5.13 Å². The Morgan fingerprint density at radius 2 is 1.90 bits per heavy atom. The van der Waals surface area contributed by atoms with Crippen LogP contribution in [0.3, 0.4) is 0 Å². The monoisotopic (exact) mass is 403 g/mol. The van der Waals surface area contributed by atoms with Gasteiger partial charge in [-0.15, -0.1) is 0 Å².